The van der Waals surface area contributed by atoms with Gasteiger partial charge in [0.25, 0.3) is 6.43 Å². The van der Waals surface area contributed by atoms with Gasteiger partial charge >= 0.3 is 0 Å². The van der Waals surface area contributed by atoms with Gasteiger partial charge in [-0.2, -0.15) is 0 Å². The number of hydrogen-bond acceptors (Lipinski definition) is 4. The van der Waals surface area contributed by atoms with Crippen LogP contribution in [0.25, 0.3) is 0 Å². The van der Waals surface area contributed by atoms with Crippen molar-refractivity contribution >= 4 is 15.7 Å². The van der Waals surface area contributed by atoms with E-state index < -0.39 is 23.0 Å². The third kappa shape index (κ3) is 5.78. The van der Waals surface area contributed by atoms with E-state index in [0.29, 0.717) is 11.4 Å². The number of nitrogen functional groups attached to an aromatic ring is 1. The van der Waals surface area contributed by atoms with Crippen LogP contribution in [-0.4, -0.2) is 33.7 Å². The second-order valence-electron chi connectivity index (χ2n) is 3.48. The third-order valence-electron chi connectivity index (χ3n) is 1.96. The standard InChI is InChI=1S/C10H14F2N2O3S/c11-10(12)7-14-18(15,16)6-5-17-9-3-1-8(13)2-4-9/h1-4,10,14H,5-7,13H2. The molecule has 1 aromatic carbocycles. The average Bonchev–Trinajstić information content (AvgIpc) is 2.29. The van der Waals surface area contributed by atoms with E-state index in [1.165, 1.54) is 0 Å². The number of alkyl halides is 2. The molecule has 5 nitrogen and oxygen atoms in total. The minimum atomic E-state index is -3.73. The zero-order valence-electron chi connectivity index (χ0n) is 9.47. The lowest BCUT2D eigenvalue weighted by Crippen LogP contribution is -2.32. The van der Waals surface area contributed by atoms with Crippen LogP contribution in [0.5, 0.6) is 5.75 Å². The molecular weight excluding hydrogens is 266 g/mol. The van der Waals surface area contributed by atoms with Crippen molar-refractivity contribution in [1.29, 1.82) is 0 Å². The summed E-state index contributed by atoms with van der Waals surface area (Å²) in [5.74, 6) is 0.0812. The predicted molar refractivity (Wildman–Crippen MR) is 64.1 cm³/mol. The van der Waals surface area contributed by atoms with Crippen molar-refractivity contribution in [2.24, 2.45) is 0 Å². The van der Waals surface area contributed by atoms with Crippen molar-refractivity contribution in [3.63, 3.8) is 0 Å². The van der Waals surface area contributed by atoms with E-state index in [4.69, 9.17) is 10.5 Å². The quantitative estimate of drug-likeness (QED) is 0.725. The number of nitrogens with one attached hydrogen (secondary N) is 1. The van der Waals surface area contributed by atoms with Crippen molar-refractivity contribution in [2.75, 3.05) is 24.6 Å². The van der Waals surface area contributed by atoms with Crippen molar-refractivity contribution in [2.45, 2.75) is 6.43 Å². The molecule has 1 aromatic rings. The topological polar surface area (TPSA) is 81.4 Å². The first kappa shape index (κ1) is 14.7. The molecule has 0 saturated heterocycles. The fourth-order valence-corrected chi connectivity index (χ4v) is 1.92. The second-order valence-corrected chi connectivity index (χ2v) is 5.40. The molecule has 0 atom stereocenters. The molecule has 0 saturated carbocycles. The lowest BCUT2D eigenvalue weighted by Gasteiger charge is -2.08. The average molecular weight is 280 g/mol. The lowest BCUT2D eigenvalue weighted by molar-refractivity contribution is 0.153. The molecule has 0 radical (unpaired) electrons. The molecular formula is C10H14F2N2O3S. The number of ether oxygens (including phenoxy) is 1. The van der Waals surface area contributed by atoms with Crippen LogP contribution in [-0.2, 0) is 10.0 Å². The van der Waals surface area contributed by atoms with Gasteiger partial charge in [-0.05, 0) is 24.3 Å². The Morgan fingerprint density at radius 3 is 2.44 bits per heavy atom. The smallest absolute Gasteiger partial charge is 0.251 e. The Labute approximate surface area is 104 Å². The molecule has 0 fully saturated rings. The number of hydrogen-bond donors (Lipinski definition) is 2. The van der Waals surface area contributed by atoms with E-state index in [1.807, 2.05) is 0 Å². The van der Waals surface area contributed by atoms with Gasteiger partial charge < -0.3 is 10.5 Å². The molecule has 0 aromatic heterocycles. The molecule has 0 unspecified atom stereocenters. The van der Waals surface area contributed by atoms with Gasteiger partial charge in [-0.3, -0.25) is 0 Å². The van der Waals surface area contributed by atoms with Crippen LogP contribution in [0.3, 0.4) is 0 Å². The fourth-order valence-electron chi connectivity index (χ4n) is 1.10. The molecule has 0 aliphatic heterocycles. The maximum Gasteiger partial charge on any atom is 0.251 e. The van der Waals surface area contributed by atoms with Crippen LogP contribution >= 0.6 is 0 Å². The molecule has 3 N–H and O–H groups in total. The second kappa shape index (κ2) is 6.50. The van der Waals surface area contributed by atoms with Gasteiger partial charge in [0.15, 0.2) is 0 Å². The maximum atomic E-state index is 11.8. The van der Waals surface area contributed by atoms with E-state index in [0.717, 1.165) is 0 Å². The minimum Gasteiger partial charge on any atom is -0.492 e. The first-order chi connectivity index (χ1) is 8.39. The molecule has 102 valence electrons. The van der Waals surface area contributed by atoms with Crippen LogP contribution in [0.2, 0.25) is 0 Å². The van der Waals surface area contributed by atoms with E-state index in [-0.39, 0.29) is 12.4 Å². The fraction of sp³-hybridized carbons (Fsp3) is 0.400. The molecule has 0 spiro atoms. The number of sulfonamides is 1. The molecule has 0 amide bonds. The number of anilines is 1. The van der Waals surface area contributed by atoms with E-state index >= 15 is 0 Å². The van der Waals surface area contributed by atoms with Gasteiger partial charge in [0, 0.05) is 5.69 Å². The van der Waals surface area contributed by atoms with E-state index in [1.54, 1.807) is 29.0 Å². The highest BCUT2D eigenvalue weighted by atomic mass is 32.2. The Balaban J connectivity index is 2.34. The molecule has 1 rings (SSSR count). The summed E-state index contributed by atoms with van der Waals surface area (Å²) in [6.07, 6.45) is -2.71. The van der Waals surface area contributed by atoms with Crippen LogP contribution in [0, 0.1) is 0 Å². The number of rotatable bonds is 7. The summed E-state index contributed by atoms with van der Waals surface area (Å²) in [4.78, 5) is 0. The molecule has 0 heterocycles. The van der Waals surface area contributed by atoms with Gasteiger partial charge in [0.05, 0.1) is 12.3 Å². The molecule has 0 aliphatic rings. The maximum absolute atomic E-state index is 11.8. The summed E-state index contributed by atoms with van der Waals surface area (Å²) in [7, 11) is -3.73. The van der Waals surface area contributed by atoms with Gasteiger partial charge in [0.1, 0.15) is 12.4 Å². The van der Waals surface area contributed by atoms with Crippen LogP contribution < -0.4 is 15.2 Å². The van der Waals surface area contributed by atoms with Gasteiger partial charge in [0.2, 0.25) is 10.0 Å². The van der Waals surface area contributed by atoms with Crippen molar-refractivity contribution in [3.05, 3.63) is 24.3 Å². The van der Waals surface area contributed by atoms with Crippen LogP contribution in [0.15, 0.2) is 24.3 Å². The lowest BCUT2D eigenvalue weighted by atomic mass is 10.3. The van der Waals surface area contributed by atoms with Crippen molar-refractivity contribution in [1.82, 2.24) is 4.72 Å². The first-order valence-electron chi connectivity index (χ1n) is 5.13. The van der Waals surface area contributed by atoms with Crippen molar-refractivity contribution in [3.8, 4) is 5.75 Å². The van der Waals surface area contributed by atoms with Gasteiger partial charge in [-0.25, -0.2) is 21.9 Å². The van der Waals surface area contributed by atoms with Gasteiger partial charge in [-0.15, -0.1) is 0 Å². The van der Waals surface area contributed by atoms with E-state index in [2.05, 4.69) is 0 Å². The summed E-state index contributed by atoms with van der Waals surface area (Å²) >= 11 is 0. The zero-order valence-corrected chi connectivity index (χ0v) is 10.3. The highest BCUT2D eigenvalue weighted by Gasteiger charge is 2.13. The minimum absolute atomic E-state index is 0.123. The summed E-state index contributed by atoms with van der Waals surface area (Å²) in [5, 5.41) is 0. The SMILES string of the molecule is Nc1ccc(OCCS(=O)(=O)NCC(F)F)cc1. The Bertz CT molecular complexity index is 463. The van der Waals surface area contributed by atoms with E-state index in [9.17, 15) is 17.2 Å². The summed E-state index contributed by atoms with van der Waals surface area (Å²) in [6.45, 7) is -1.01. The molecule has 0 bridgehead atoms. The normalized spacial score (nSPS) is 11.7. The Kier molecular flexibility index (Phi) is 5.29. The zero-order chi connectivity index (χ0) is 13.6. The van der Waals surface area contributed by atoms with Gasteiger partial charge in [-0.1, -0.05) is 0 Å². The predicted octanol–water partition coefficient (Wildman–Crippen LogP) is 0.832. The number of benzene rings is 1. The molecule has 18 heavy (non-hydrogen) atoms. The van der Waals surface area contributed by atoms with Crippen LogP contribution in [0.1, 0.15) is 0 Å². The highest BCUT2D eigenvalue weighted by Crippen LogP contribution is 2.12. The Morgan fingerprint density at radius 2 is 1.89 bits per heavy atom. The number of halogens is 2. The number of nitrogens with two attached hydrogens (primary N) is 1. The third-order valence-corrected chi connectivity index (χ3v) is 3.27. The summed E-state index contributed by atoms with van der Waals surface area (Å²) < 4.78 is 53.0. The Hall–Kier alpha value is -1.41. The van der Waals surface area contributed by atoms with Crippen LogP contribution in [0.4, 0.5) is 14.5 Å². The molecule has 0 aliphatic carbocycles. The monoisotopic (exact) mass is 280 g/mol. The molecule has 8 heteroatoms. The van der Waals surface area contributed by atoms with Crippen molar-refractivity contribution < 1.29 is 21.9 Å². The summed E-state index contributed by atoms with van der Waals surface area (Å²) in [5.41, 5.74) is 6.02. The largest absolute Gasteiger partial charge is 0.492 e. The Morgan fingerprint density at radius 1 is 1.28 bits per heavy atom. The highest BCUT2D eigenvalue weighted by molar-refractivity contribution is 7.89. The summed E-state index contributed by atoms with van der Waals surface area (Å²) in [6, 6.07) is 6.40. The first-order valence-corrected chi connectivity index (χ1v) is 6.78.